The van der Waals surface area contributed by atoms with Gasteiger partial charge in [0.2, 0.25) is 0 Å². The van der Waals surface area contributed by atoms with Crippen LogP contribution < -0.4 is 0 Å². The zero-order chi connectivity index (χ0) is 44.1. The van der Waals surface area contributed by atoms with E-state index in [1.54, 1.807) is 27.0 Å². The van der Waals surface area contributed by atoms with Crippen molar-refractivity contribution in [2.45, 2.75) is 205 Å². The Morgan fingerprint density at radius 1 is 0.900 bits per heavy atom. The predicted octanol–water partition coefficient (Wildman–Crippen LogP) is 5.76. The molecule has 6 aliphatic heterocycles. The van der Waals surface area contributed by atoms with Gasteiger partial charge in [0.05, 0.1) is 67.0 Å². The normalized spacial score (nSPS) is 49.0. The van der Waals surface area contributed by atoms with Gasteiger partial charge in [0.25, 0.3) is 0 Å². The average Bonchev–Trinajstić information content (AvgIpc) is 3.70. The molecule has 0 aromatic rings. The minimum Gasteiger partial charge on any atom is -0.481 e. The molecule has 60 heavy (non-hydrogen) atoms. The number of methoxy groups -OCH3 is 1. The zero-order valence-electron chi connectivity index (χ0n) is 37.9. The second-order valence-electron chi connectivity index (χ2n) is 20.2. The number of aliphatic hydroxyl groups is 3. The molecule has 6 aliphatic rings. The fourth-order valence-corrected chi connectivity index (χ4v) is 11.3. The summed E-state index contributed by atoms with van der Waals surface area (Å²) in [7, 11) is 1.70. The van der Waals surface area contributed by atoms with Crippen LogP contribution in [0.15, 0.2) is 12.2 Å². The summed E-state index contributed by atoms with van der Waals surface area (Å²) < 4.78 is 53.7. The Morgan fingerprint density at radius 3 is 2.27 bits per heavy atom. The summed E-state index contributed by atoms with van der Waals surface area (Å²) in [6.45, 7) is 19.0. The highest BCUT2D eigenvalue weighted by Crippen LogP contribution is 2.56. The molecular formula is C46H76O14. The van der Waals surface area contributed by atoms with Crippen molar-refractivity contribution in [3.8, 4) is 0 Å². The van der Waals surface area contributed by atoms with E-state index in [1.165, 1.54) is 6.08 Å². The molecule has 2 spiro atoms. The van der Waals surface area contributed by atoms with E-state index in [4.69, 9.17) is 37.9 Å². The minimum atomic E-state index is -1.66. The maximum Gasteiger partial charge on any atom is 0.306 e. The van der Waals surface area contributed by atoms with Gasteiger partial charge in [-0.3, -0.25) is 9.59 Å². The number of carbonyl (C=O) groups excluding carboxylic acids is 1. The van der Waals surface area contributed by atoms with Gasteiger partial charge < -0.3 is 58.3 Å². The first-order valence-electron chi connectivity index (χ1n) is 22.8. The van der Waals surface area contributed by atoms with Crippen LogP contribution in [0.25, 0.3) is 0 Å². The highest BCUT2D eigenvalue weighted by atomic mass is 16.8. The van der Waals surface area contributed by atoms with Crippen molar-refractivity contribution in [1.82, 2.24) is 0 Å². The standard InChI is InChI=1S/C46H76O14/c1-24(12-13-33(48)25(2)18-27(4)42(50)51)40-30(7)34(49)22-44(58-40)17-16-43(10,60-44)38-21-36(55-39-15-14-35(53-11)32(9)54-39)31(8)46(57-38)29(6)20-37(56-46)41-26(3)19-28(5)45(52,23-47)59-41/h12-13,24-32,34-41,47,49,52H,14-23H2,1-11H3,(H,50,51)/b13-12+/t24-,25+,26-,27-,28+,29-,30+,31+,32+,34-,35-,36-,37+,38+,39-,40+,41-,43-,44+,45-,46-/m0/s1. The molecule has 0 aromatic heterocycles. The molecule has 6 heterocycles. The van der Waals surface area contributed by atoms with E-state index in [2.05, 4.69) is 20.8 Å². The number of allylic oxidation sites excluding steroid dienone is 1. The quantitative estimate of drug-likeness (QED) is 0.164. The molecule has 0 aromatic carbocycles. The number of aliphatic carboxylic acids is 1. The first kappa shape index (κ1) is 47.9. The second kappa shape index (κ2) is 18.5. The molecule has 344 valence electrons. The lowest BCUT2D eigenvalue weighted by Crippen LogP contribution is -2.63. The Morgan fingerprint density at radius 2 is 1.62 bits per heavy atom. The van der Waals surface area contributed by atoms with E-state index in [1.807, 2.05) is 34.6 Å². The summed E-state index contributed by atoms with van der Waals surface area (Å²) in [5, 5.41) is 42.3. The van der Waals surface area contributed by atoms with Crippen LogP contribution in [0.5, 0.6) is 0 Å². The van der Waals surface area contributed by atoms with Gasteiger partial charge in [-0.25, -0.2) is 0 Å². The molecule has 0 aliphatic carbocycles. The smallest absolute Gasteiger partial charge is 0.306 e. The number of ether oxygens (including phenoxy) is 8. The minimum absolute atomic E-state index is 0.0120. The Kier molecular flexibility index (Phi) is 14.8. The third kappa shape index (κ3) is 9.46. The van der Waals surface area contributed by atoms with Gasteiger partial charge in [-0.05, 0) is 57.9 Å². The molecule has 6 fully saturated rings. The van der Waals surface area contributed by atoms with Crippen molar-refractivity contribution in [3.05, 3.63) is 12.2 Å². The van der Waals surface area contributed by atoms with Crippen molar-refractivity contribution >= 4 is 11.8 Å². The predicted molar refractivity (Wildman–Crippen MR) is 219 cm³/mol. The summed E-state index contributed by atoms with van der Waals surface area (Å²) >= 11 is 0. The van der Waals surface area contributed by atoms with Gasteiger partial charge in [-0.15, -0.1) is 0 Å². The number of carbonyl (C=O) groups is 2. The van der Waals surface area contributed by atoms with E-state index >= 15 is 0 Å². The number of hydrogen-bond donors (Lipinski definition) is 4. The first-order valence-corrected chi connectivity index (χ1v) is 22.8. The van der Waals surface area contributed by atoms with E-state index in [-0.39, 0.29) is 72.4 Å². The number of carboxylic acids is 1. The van der Waals surface area contributed by atoms with Crippen LogP contribution >= 0.6 is 0 Å². The molecule has 14 heteroatoms. The van der Waals surface area contributed by atoms with Gasteiger partial charge in [-0.2, -0.15) is 0 Å². The molecule has 6 rings (SSSR count). The molecule has 0 bridgehead atoms. The molecular weight excluding hydrogens is 776 g/mol. The van der Waals surface area contributed by atoms with Gasteiger partial charge in [0, 0.05) is 68.3 Å². The Bertz CT molecular complexity index is 1530. The number of hydrogen-bond acceptors (Lipinski definition) is 13. The monoisotopic (exact) mass is 853 g/mol. The zero-order valence-corrected chi connectivity index (χ0v) is 37.9. The van der Waals surface area contributed by atoms with Crippen molar-refractivity contribution in [3.63, 3.8) is 0 Å². The number of ketones is 1. The molecule has 0 unspecified atom stereocenters. The van der Waals surface area contributed by atoms with Crippen LogP contribution in [0.2, 0.25) is 0 Å². The summed E-state index contributed by atoms with van der Waals surface area (Å²) in [6, 6.07) is 0. The van der Waals surface area contributed by atoms with Crippen LogP contribution in [-0.2, 0) is 47.5 Å². The van der Waals surface area contributed by atoms with Crippen molar-refractivity contribution < 1.29 is 67.9 Å². The van der Waals surface area contributed by atoms with E-state index < -0.39 is 84.2 Å². The van der Waals surface area contributed by atoms with Crippen molar-refractivity contribution in [2.75, 3.05) is 13.7 Å². The molecule has 4 N–H and O–H groups in total. The first-order chi connectivity index (χ1) is 28.1. The number of aliphatic hydroxyl groups excluding tert-OH is 2. The summed E-state index contributed by atoms with van der Waals surface area (Å²) in [5.74, 6) is -7.02. The lowest BCUT2D eigenvalue weighted by atomic mass is 9.76. The van der Waals surface area contributed by atoms with Gasteiger partial charge in [0.15, 0.2) is 29.4 Å². The van der Waals surface area contributed by atoms with Crippen LogP contribution in [0.1, 0.15) is 127 Å². The summed E-state index contributed by atoms with van der Waals surface area (Å²) in [4.78, 5) is 24.4. The van der Waals surface area contributed by atoms with E-state index in [0.29, 0.717) is 38.5 Å². The SMILES string of the molecule is CO[C@H]1CC[C@H](O[C@H]2C[C@H]([C@]3(C)CC[C@]4(C[C@H](O)[C@@H](C)[C@@H]([C@@H](C)/C=C/C(=O)[C@H](C)C[C@H](C)C(=O)O)O4)O3)O[C@]3(O[C@@H]([C@H]4O[C@@](O)(CO)[C@H](C)C[C@@H]4C)C[C@@H]3C)[C@@H]2C)O[C@@H]1C. The van der Waals surface area contributed by atoms with Crippen LogP contribution in [0, 0.1) is 47.3 Å². The lowest BCUT2D eigenvalue weighted by molar-refractivity contribution is -0.390. The van der Waals surface area contributed by atoms with Crippen LogP contribution in [-0.4, -0.2) is 124 Å². The van der Waals surface area contributed by atoms with Crippen molar-refractivity contribution in [1.29, 1.82) is 0 Å². The Hall–Kier alpha value is -1.56. The Labute approximate surface area is 357 Å². The van der Waals surface area contributed by atoms with Gasteiger partial charge >= 0.3 is 5.97 Å². The fraction of sp³-hybridized carbons (Fsp3) is 0.913. The van der Waals surface area contributed by atoms with Gasteiger partial charge in [-0.1, -0.05) is 61.5 Å². The van der Waals surface area contributed by atoms with Crippen LogP contribution in [0.3, 0.4) is 0 Å². The second-order valence-corrected chi connectivity index (χ2v) is 20.2. The number of carboxylic acid groups (broad SMARTS) is 1. The fourth-order valence-electron chi connectivity index (χ4n) is 11.3. The third-order valence-electron chi connectivity index (χ3n) is 15.6. The van der Waals surface area contributed by atoms with Crippen LogP contribution in [0.4, 0.5) is 0 Å². The highest BCUT2D eigenvalue weighted by Gasteiger charge is 2.65. The maximum absolute atomic E-state index is 13.0. The topological polar surface area (TPSA) is 189 Å². The summed E-state index contributed by atoms with van der Waals surface area (Å²) in [5.41, 5.74) is -0.866. The third-order valence-corrected chi connectivity index (χ3v) is 15.6. The Balaban J connectivity index is 1.23. The molecule has 0 amide bonds. The van der Waals surface area contributed by atoms with E-state index in [0.717, 1.165) is 6.42 Å². The molecule has 6 saturated heterocycles. The summed E-state index contributed by atoms with van der Waals surface area (Å²) in [6.07, 6.45) is 4.71. The lowest BCUT2D eigenvalue weighted by Gasteiger charge is -2.54. The molecule has 0 radical (unpaired) electrons. The molecule has 0 saturated carbocycles. The van der Waals surface area contributed by atoms with Crippen molar-refractivity contribution in [2.24, 2.45) is 47.3 Å². The van der Waals surface area contributed by atoms with Gasteiger partial charge in [0.1, 0.15) is 0 Å². The maximum atomic E-state index is 13.0. The highest BCUT2D eigenvalue weighted by molar-refractivity contribution is 5.91. The largest absolute Gasteiger partial charge is 0.481 e. The average molecular weight is 853 g/mol. The molecule has 21 atom stereocenters. The van der Waals surface area contributed by atoms with E-state index in [9.17, 15) is 30.0 Å². The number of rotatable bonds is 13. The molecule has 14 nitrogen and oxygen atoms in total.